The molecule has 0 saturated carbocycles. The number of aliphatic hydroxyl groups excluding tert-OH is 1. The molecule has 1 aromatic carbocycles. The molecule has 7 nitrogen and oxygen atoms in total. The number of fused-ring (bicyclic) bond motifs is 1. The molecule has 0 spiro atoms. The maximum atomic E-state index is 9.52. The van der Waals surface area contributed by atoms with E-state index in [4.69, 9.17) is 21.6 Å². The van der Waals surface area contributed by atoms with Crippen molar-refractivity contribution in [2.75, 3.05) is 40.3 Å². The van der Waals surface area contributed by atoms with Crippen LogP contribution in [0, 0.1) is 0 Å². The van der Waals surface area contributed by atoms with Gasteiger partial charge in [0.15, 0.2) is 11.6 Å². The van der Waals surface area contributed by atoms with Crippen LogP contribution in [-0.4, -0.2) is 47.0 Å². The van der Waals surface area contributed by atoms with Gasteiger partial charge in [-0.25, -0.2) is 0 Å². The van der Waals surface area contributed by atoms with Crippen molar-refractivity contribution in [3.63, 3.8) is 0 Å². The first-order valence-electron chi connectivity index (χ1n) is 10.4. The maximum Gasteiger partial charge on any atom is 0.229 e. The molecule has 0 bridgehead atoms. The number of aromatic nitrogens is 2. The van der Waals surface area contributed by atoms with Crippen LogP contribution in [0.1, 0.15) is 39.5 Å². The van der Waals surface area contributed by atoms with Gasteiger partial charge in [0.1, 0.15) is 5.69 Å². The highest BCUT2D eigenvalue weighted by atomic mass is 35.5. The fraction of sp³-hybridized carbons (Fsp3) is 0.524. The third kappa shape index (κ3) is 4.21. The molecule has 8 heteroatoms. The highest BCUT2D eigenvalue weighted by Gasteiger charge is 2.31. The van der Waals surface area contributed by atoms with Crippen molar-refractivity contribution in [2.24, 2.45) is 0 Å². The Labute approximate surface area is 177 Å². The van der Waals surface area contributed by atoms with E-state index in [9.17, 15) is 5.11 Å². The predicted molar refractivity (Wildman–Crippen MR) is 120 cm³/mol. The van der Waals surface area contributed by atoms with Crippen LogP contribution in [0.4, 0.5) is 29.0 Å². The second kappa shape index (κ2) is 8.63. The van der Waals surface area contributed by atoms with E-state index in [-0.39, 0.29) is 12.6 Å². The Morgan fingerprint density at radius 3 is 2.93 bits per heavy atom. The van der Waals surface area contributed by atoms with Crippen molar-refractivity contribution in [1.29, 1.82) is 0 Å². The van der Waals surface area contributed by atoms with Crippen molar-refractivity contribution in [2.45, 2.75) is 51.6 Å². The molecule has 3 heterocycles. The van der Waals surface area contributed by atoms with Gasteiger partial charge in [-0.3, -0.25) is 0 Å². The third-order valence-corrected chi connectivity index (χ3v) is 5.87. The average Bonchev–Trinajstić information content (AvgIpc) is 3.13. The molecule has 3 N–H and O–H groups in total. The first kappa shape index (κ1) is 20.0. The minimum absolute atomic E-state index is 0.180. The lowest BCUT2D eigenvalue weighted by Crippen LogP contribution is -2.41. The number of aliphatic hydroxyl groups is 1. The molecule has 1 aromatic heterocycles. The molecule has 2 aliphatic rings. The fourth-order valence-corrected chi connectivity index (χ4v) is 4.30. The normalized spacial score (nSPS) is 18.7. The zero-order chi connectivity index (χ0) is 20.4. The van der Waals surface area contributed by atoms with Gasteiger partial charge in [0.05, 0.1) is 6.67 Å². The van der Waals surface area contributed by atoms with E-state index in [2.05, 4.69) is 34.3 Å². The average molecular weight is 417 g/mol. The highest BCUT2D eigenvalue weighted by Crippen LogP contribution is 2.40. The van der Waals surface area contributed by atoms with Crippen molar-refractivity contribution < 1.29 is 5.11 Å². The van der Waals surface area contributed by atoms with Crippen LogP contribution in [0.25, 0.3) is 0 Å². The fourth-order valence-electron chi connectivity index (χ4n) is 4.11. The quantitative estimate of drug-likeness (QED) is 0.651. The number of piperidine rings is 1. The van der Waals surface area contributed by atoms with E-state index >= 15 is 0 Å². The Morgan fingerprint density at radius 1 is 1.31 bits per heavy atom. The van der Waals surface area contributed by atoms with Crippen LogP contribution in [0.3, 0.4) is 0 Å². The number of nitrogens with one attached hydrogen (secondary N) is 2. The van der Waals surface area contributed by atoms with Crippen molar-refractivity contribution in [1.82, 2.24) is 9.97 Å². The number of nitrogens with zero attached hydrogens (tertiary/aromatic N) is 4. The minimum Gasteiger partial charge on any atom is -0.396 e. The summed E-state index contributed by atoms with van der Waals surface area (Å²) in [6, 6.07) is 8.23. The molecule has 0 amide bonds. The molecular formula is C21H29ClN6O. The molecule has 2 aliphatic heterocycles. The van der Waals surface area contributed by atoms with Crippen LogP contribution in [0.5, 0.6) is 0 Å². The molecule has 156 valence electrons. The van der Waals surface area contributed by atoms with Crippen molar-refractivity contribution in [3.05, 3.63) is 29.3 Å². The van der Waals surface area contributed by atoms with Gasteiger partial charge in [0, 0.05) is 35.9 Å². The zero-order valence-electron chi connectivity index (χ0n) is 17.0. The number of halogens is 1. The van der Waals surface area contributed by atoms with Crippen LogP contribution in [0.15, 0.2) is 24.3 Å². The summed E-state index contributed by atoms with van der Waals surface area (Å²) in [5, 5.41) is 17.1. The summed E-state index contributed by atoms with van der Waals surface area (Å²) < 4.78 is 0. The summed E-state index contributed by atoms with van der Waals surface area (Å²) in [6.07, 6.45) is 4.10. The van der Waals surface area contributed by atoms with Crippen molar-refractivity contribution >= 4 is 40.6 Å². The minimum atomic E-state index is 0.180. The lowest BCUT2D eigenvalue weighted by atomic mass is 10.0. The first-order chi connectivity index (χ1) is 14.1. The molecule has 2 aromatic rings. The highest BCUT2D eigenvalue weighted by molar-refractivity contribution is 6.30. The third-order valence-electron chi connectivity index (χ3n) is 5.63. The summed E-state index contributed by atoms with van der Waals surface area (Å²) >= 11 is 6.17. The number of hydrogen-bond acceptors (Lipinski definition) is 7. The van der Waals surface area contributed by atoms with Gasteiger partial charge in [0.2, 0.25) is 5.95 Å². The smallest absolute Gasteiger partial charge is 0.229 e. The molecule has 29 heavy (non-hydrogen) atoms. The second-order valence-electron chi connectivity index (χ2n) is 7.96. The molecule has 1 atom stereocenters. The molecule has 1 saturated heterocycles. The Bertz CT molecular complexity index is 859. The summed E-state index contributed by atoms with van der Waals surface area (Å²) in [5.74, 6) is 2.40. The molecule has 1 fully saturated rings. The first-order valence-corrected chi connectivity index (χ1v) is 10.8. The SMILES string of the molecule is CC(C)N1CNc2c(Nc3cccc(Cl)c3)nc(N3CCCCC3CCO)nc21. The molecular weight excluding hydrogens is 388 g/mol. The monoisotopic (exact) mass is 416 g/mol. The van der Waals surface area contributed by atoms with E-state index in [1.54, 1.807) is 0 Å². The Kier molecular flexibility index (Phi) is 5.96. The topological polar surface area (TPSA) is 76.5 Å². The molecule has 0 radical (unpaired) electrons. The van der Waals surface area contributed by atoms with Gasteiger partial charge < -0.3 is 25.5 Å². The van der Waals surface area contributed by atoms with Gasteiger partial charge in [0.25, 0.3) is 0 Å². The van der Waals surface area contributed by atoms with Gasteiger partial charge in [-0.05, 0) is 57.7 Å². The van der Waals surface area contributed by atoms with Crippen LogP contribution in [-0.2, 0) is 0 Å². The number of rotatable bonds is 6. The largest absolute Gasteiger partial charge is 0.396 e. The van der Waals surface area contributed by atoms with Crippen LogP contribution < -0.4 is 20.4 Å². The standard InChI is InChI=1S/C21H29ClN6O/c1-14(2)28-13-23-18-19(24-16-7-5-6-15(22)12-16)25-21(26-20(18)28)27-10-4-3-8-17(27)9-11-29/h5-7,12,14,17,23,29H,3-4,8-11,13H2,1-2H3,(H,24,25,26). The predicted octanol–water partition coefficient (Wildman–Crippen LogP) is 4.21. The van der Waals surface area contributed by atoms with E-state index in [1.807, 2.05) is 24.3 Å². The number of anilines is 5. The number of hydrogen-bond donors (Lipinski definition) is 3. The van der Waals surface area contributed by atoms with Crippen LogP contribution >= 0.6 is 11.6 Å². The zero-order valence-corrected chi connectivity index (χ0v) is 17.8. The summed E-state index contributed by atoms with van der Waals surface area (Å²) in [7, 11) is 0. The Balaban J connectivity index is 1.75. The van der Waals surface area contributed by atoms with Gasteiger partial charge in [-0.1, -0.05) is 17.7 Å². The Hall–Kier alpha value is -2.25. The summed E-state index contributed by atoms with van der Waals surface area (Å²) in [5.41, 5.74) is 1.80. The van der Waals surface area contributed by atoms with E-state index in [1.165, 1.54) is 6.42 Å². The van der Waals surface area contributed by atoms with Gasteiger partial charge >= 0.3 is 0 Å². The molecule has 4 rings (SSSR count). The van der Waals surface area contributed by atoms with E-state index < -0.39 is 0 Å². The lowest BCUT2D eigenvalue weighted by molar-refractivity contribution is 0.262. The van der Waals surface area contributed by atoms with Crippen molar-refractivity contribution in [3.8, 4) is 0 Å². The second-order valence-corrected chi connectivity index (χ2v) is 8.40. The van der Waals surface area contributed by atoms with E-state index in [0.29, 0.717) is 17.7 Å². The maximum absolute atomic E-state index is 9.52. The molecule has 0 aliphatic carbocycles. The molecule has 1 unspecified atom stereocenters. The van der Waals surface area contributed by atoms with Crippen LogP contribution in [0.2, 0.25) is 5.02 Å². The van der Waals surface area contributed by atoms with E-state index in [0.717, 1.165) is 54.8 Å². The summed E-state index contributed by atoms with van der Waals surface area (Å²) in [4.78, 5) is 14.4. The summed E-state index contributed by atoms with van der Waals surface area (Å²) in [6.45, 7) is 6.13. The van der Waals surface area contributed by atoms with Gasteiger partial charge in [-0.15, -0.1) is 0 Å². The number of benzene rings is 1. The lowest BCUT2D eigenvalue weighted by Gasteiger charge is -2.36. The van der Waals surface area contributed by atoms with Gasteiger partial charge in [-0.2, -0.15) is 9.97 Å². The Morgan fingerprint density at radius 2 is 2.17 bits per heavy atom.